The number of phenolic OH excluding ortho intramolecular Hbond substituents is 1. The molecule has 1 amide bonds. The van der Waals surface area contributed by atoms with E-state index in [-0.39, 0.29) is 12.3 Å². The van der Waals surface area contributed by atoms with E-state index < -0.39 is 17.6 Å². The number of amides is 1. The van der Waals surface area contributed by atoms with Gasteiger partial charge in [0.05, 0.1) is 5.60 Å². The number of rotatable bonds is 6. The molecular formula is C18H22N2O4. The number of carbonyl (C=O) groups is 1. The van der Waals surface area contributed by atoms with Crippen molar-refractivity contribution in [3.63, 3.8) is 0 Å². The summed E-state index contributed by atoms with van der Waals surface area (Å²) in [7, 11) is 0. The van der Waals surface area contributed by atoms with Gasteiger partial charge >= 0.3 is 0 Å². The van der Waals surface area contributed by atoms with Crippen LogP contribution in [0.4, 0.5) is 0 Å². The molecule has 0 spiro atoms. The zero-order chi connectivity index (χ0) is 17.7. The van der Waals surface area contributed by atoms with Crippen LogP contribution < -0.4 is 10.8 Å². The Morgan fingerprint density at radius 3 is 2.33 bits per heavy atom. The third kappa shape index (κ3) is 4.32. The highest BCUT2D eigenvalue weighted by Crippen LogP contribution is 2.26. The quantitative estimate of drug-likeness (QED) is 0.411. The third-order valence-electron chi connectivity index (χ3n) is 3.77. The smallest absolute Gasteiger partial charge is 0.263 e. The molecule has 0 aliphatic rings. The van der Waals surface area contributed by atoms with Crippen molar-refractivity contribution in [3.8, 4) is 16.9 Å². The number of hydrogen-bond acceptors (Lipinski definition) is 5. The van der Waals surface area contributed by atoms with Crippen molar-refractivity contribution in [1.82, 2.24) is 10.8 Å². The van der Waals surface area contributed by atoms with E-state index in [9.17, 15) is 15.0 Å². The Kier molecular flexibility index (Phi) is 5.56. The maximum atomic E-state index is 11.7. The molecule has 2 rings (SSSR count). The van der Waals surface area contributed by atoms with Crippen molar-refractivity contribution in [2.45, 2.75) is 32.0 Å². The molecule has 2 aromatic rings. The third-order valence-corrected chi connectivity index (χ3v) is 3.77. The summed E-state index contributed by atoms with van der Waals surface area (Å²) < 4.78 is 0. The molecule has 0 radical (unpaired) electrons. The number of aromatic hydroxyl groups is 1. The number of hydroxylamine groups is 1. The second kappa shape index (κ2) is 7.44. The van der Waals surface area contributed by atoms with Crippen LogP contribution in [-0.2, 0) is 11.3 Å². The molecule has 0 aliphatic heterocycles. The predicted octanol–water partition coefficient (Wildman–Crippen LogP) is 1.79. The van der Waals surface area contributed by atoms with Crippen molar-refractivity contribution in [3.05, 3.63) is 54.1 Å². The molecule has 1 atom stereocenters. The summed E-state index contributed by atoms with van der Waals surface area (Å²) in [5, 5.41) is 31.9. The molecule has 0 saturated carbocycles. The predicted molar refractivity (Wildman–Crippen MR) is 90.4 cm³/mol. The normalized spacial score (nSPS) is 12.7. The van der Waals surface area contributed by atoms with E-state index in [0.29, 0.717) is 5.56 Å². The summed E-state index contributed by atoms with van der Waals surface area (Å²) in [6.45, 7) is 3.07. The number of hydrogen-bond donors (Lipinski definition) is 5. The van der Waals surface area contributed by atoms with Crippen molar-refractivity contribution in [2.24, 2.45) is 0 Å². The molecule has 0 aliphatic carbocycles. The van der Waals surface area contributed by atoms with Gasteiger partial charge in [0, 0.05) is 12.1 Å². The second-order valence-corrected chi connectivity index (χ2v) is 6.15. The minimum atomic E-state index is -1.38. The van der Waals surface area contributed by atoms with E-state index >= 15 is 0 Å². The van der Waals surface area contributed by atoms with Crippen LogP contribution in [0.2, 0.25) is 0 Å². The summed E-state index contributed by atoms with van der Waals surface area (Å²) in [5.74, 6) is -0.661. The van der Waals surface area contributed by atoms with Crippen molar-refractivity contribution in [1.29, 1.82) is 0 Å². The number of benzene rings is 2. The minimum absolute atomic E-state index is 0.0859. The van der Waals surface area contributed by atoms with Crippen molar-refractivity contribution in [2.75, 3.05) is 0 Å². The average Bonchev–Trinajstić information content (AvgIpc) is 2.55. The van der Waals surface area contributed by atoms with E-state index in [0.717, 1.165) is 11.1 Å². The molecule has 128 valence electrons. The Hall–Kier alpha value is -2.41. The Bertz CT molecular complexity index is 696. The van der Waals surface area contributed by atoms with E-state index in [1.54, 1.807) is 12.1 Å². The molecule has 0 fully saturated rings. The van der Waals surface area contributed by atoms with E-state index in [1.165, 1.54) is 19.3 Å². The fourth-order valence-electron chi connectivity index (χ4n) is 2.46. The van der Waals surface area contributed by atoms with Crippen LogP contribution in [0.5, 0.6) is 5.75 Å². The fourth-order valence-corrected chi connectivity index (χ4v) is 2.46. The maximum absolute atomic E-state index is 11.7. The number of aliphatic hydroxyl groups is 1. The topological polar surface area (TPSA) is 102 Å². The lowest BCUT2D eigenvalue weighted by atomic mass is 9.97. The Balaban J connectivity index is 2.14. The fraction of sp³-hybridized carbons (Fsp3) is 0.278. The van der Waals surface area contributed by atoms with Crippen LogP contribution in [0.15, 0.2) is 48.5 Å². The highest BCUT2D eigenvalue weighted by atomic mass is 16.5. The molecule has 6 nitrogen and oxygen atoms in total. The average molecular weight is 330 g/mol. The van der Waals surface area contributed by atoms with Crippen LogP contribution in [0.25, 0.3) is 11.1 Å². The summed E-state index contributed by atoms with van der Waals surface area (Å²) in [4.78, 5) is 11.7. The van der Waals surface area contributed by atoms with Crippen LogP contribution in [0.3, 0.4) is 0 Å². The summed E-state index contributed by atoms with van der Waals surface area (Å²) in [5.41, 5.74) is 2.59. The zero-order valence-corrected chi connectivity index (χ0v) is 13.7. The van der Waals surface area contributed by atoms with Crippen LogP contribution in [-0.4, -0.2) is 33.0 Å². The van der Waals surface area contributed by atoms with Crippen molar-refractivity contribution < 1.29 is 20.2 Å². The summed E-state index contributed by atoms with van der Waals surface area (Å²) in [6.07, 6.45) is 0. The highest BCUT2D eigenvalue weighted by Gasteiger charge is 2.32. The zero-order valence-electron chi connectivity index (χ0n) is 13.7. The Morgan fingerprint density at radius 2 is 1.79 bits per heavy atom. The first-order valence-corrected chi connectivity index (χ1v) is 7.60. The molecule has 5 N–H and O–H groups in total. The molecule has 0 unspecified atom stereocenters. The largest absolute Gasteiger partial charge is 0.508 e. The first kappa shape index (κ1) is 17.9. The lowest BCUT2D eigenvalue weighted by Gasteiger charge is -2.28. The lowest BCUT2D eigenvalue weighted by molar-refractivity contribution is -0.137. The maximum Gasteiger partial charge on any atom is 0.263 e. The van der Waals surface area contributed by atoms with Gasteiger partial charge in [0.2, 0.25) is 0 Å². The highest BCUT2D eigenvalue weighted by molar-refractivity contribution is 5.81. The van der Waals surface area contributed by atoms with Gasteiger partial charge in [-0.05, 0) is 31.0 Å². The van der Waals surface area contributed by atoms with Gasteiger partial charge in [-0.3, -0.25) is 15.3 Å². The Labute approximate surface area is 140 Å². The number of phenols is 1. The lowest BCUT2D eigenvalue weighted by Crippen LogP contribution is -2.55. The monoisotopic (exact) mass is 330 g/mol. The van der Waals surface area contributed by atoms with Gasteiger partial charge in [-0.15, -0.1) is 0 Å². The summed E-state index contributed by atoms with van der Waals surface area (Å²) in [6, 6.07) is 13.9. The summed E-state index contributed by atoms with van der Waals surface area (Å²) >= 11 is 0. The van der Waals surface area contributed by atoms with Gasteiger partial charge in [-0.25, -0.2) is 5.48 Å². The first-order chi connectivity index (χ1) is 11.3. The van der Waals surface area contributed by atoms with Gasteiger partial charge in [0.25, 0.3) is 5.91 Å². The van der Waals surface area contributed by atoms with Gasteiger partial charge in [-0.1, -0.05) is 42.5 Å². The molecule has 0 aromatic heterocycles. The van der Waals surface area contributed by atoms with Gasteiger partial charge < -0.3 is 10.2 Å². The van der Waals surface area contributed by atoms with E-state index in [2.05, 4.69) is 5.32 Å². The molecule has 0 saturated heterocycles. The van der Waals surface area contributed by atoms with Crippen molar-refractivity contribution >= 4 is 5.91 Å². The standard InChI is InChI=1S/C18H22N2O4/c1-18(2,23)16(17(22)20-24)19-11-14-9-8-13(10-15(14)21)12-6-4-3-5-7-12/h3-10,16,19,21,23-24H,11H2,1-2H3,(H,20,22)/t16-/m1/s1. The minimum Gasteiger partial charge on any atom is -0.508 e. The molecule has 6 heteroatoms. The number of carbonyl (C=O) groups excluding carboxylic acids is 1. The first-order valence-electron chi connectivity index (χ1n) is 7.60. The van der Waals surface area contributed by atoms with E-state index in [1.807, 2.05) is 36.4 Å². The SMILES string of the molecule is CC(C)(O)[C@H](NCc1ccc(-c2ccccc2)cc1O)C(=O)NO. The Morgan fingerprint density at radius 1 is 1.12 bits per heavy atom. The van der Waals surface area contributed by atoms with E-state index in [4.69, 9.17) is 5.21 Å². The second-order valence-electron chi connectivity index (χ2n) is 6.15. The molecular weight excluding hydrogens is 308 g/mol. The molecule has 0 heterocycles. The number of nitrogens with one attached hydrogen (secondary N) is 2. The van der Waals surface area contributed by atoms with Gasteiger partial charge in [-0.2, -0.15) is 0 Å². The van der Waals surface area contributed by atoms with Crippen LogP contribution in [0.1, 0.15) is 19.4 Å². The van der Waals surface area contributed by atoms with Gasteiger partial charge in [0.1, 0.15) is 11.8 Å². The van der Waals surface area contributed by atoms with Gasteiger partial charge in [0.15, 0.2) is 0 Å². The van der Waals surface area contributed by atoms with Crippen LogP contribution in [0, 0.1) is 0 Å². The molecule has 0 bridgehead atoms. The molecule has 2 aromatic carbocycles. The van der Waals surface area contributed by atoms with Crippen LogP contribution >= 0.6 is 0 Å². The molecule has 24 heavy (non-hydrogen) atoms.